The van der Waals surface area contributed by atoms with Gasteiger partial charge in [0.1, 0.15) is 0 Å². The van der Waals surface area contributed by atoms with Gasteiger partial charge in [-0.25, -0.2) is 0 Å². The molecule has 18 heavy (non-hydrogen) atoms. The lowest BCUT2D eigenvalue weighted by atomic mass is 10.1. The number of nitrogens with one attached hydrogen (secondary N) is 2. The molecule has 0 saturated carbocycles. The van der Waals surface area contributed by atoms with Crippen molar-refractivity contribution in [2.75, 3.05) is 30.9 Å². The van der Waals surface area contributed by atoms with E-state index in [4.69, 9.17) is 0 Å². The summed E-state index contributed by atoms with van der Waals surface area (Å²) >= 11 is 0. The lowest BCUT2D eigenvalue weighted by molar-refractivity contribution is -0.117. The van der Waals surface area contributed by atoms with Crippen LogP contribution in [0, 0.1) is 6.92 Å². The van der Waals surface area contributed by atoms with Crippen LogP contribution in [0.2, 0.25) is 0 Å². The number of amides is 1. The third-order valence-corrected chi connectivity index (χ3v) is 3.36. The fourth-order valence-electron chi connectivity index (χ4n) is 2.19. The summed E-state index contributed by atoms with van der Waals surface area (Å²) in [5.41, 5.74) is 3.14. The van der Waals surface area contributed by atoms with E-state index in [0.29, 0.717) is 0 Å². The predicted octanol–water partition coefficient (Wildman–Crippen LogP) is 1.75. The SMILES string of the molecule is Cc1cc(N(C)C)ccc1NC(=O)[C@H]1CCCN1. The van der Waals surface area contributed by atoms with Crippen molar-refractivity contribution in [1.82, 2.24) is 5.32 Å². The lowest BCUT2D eigenvalue weighted by Crippen LogP contribution is -2.35. The van der Waals surface area contributed by atoms with Gasteiger partial charge in [0.2, 0.25) is 5.91 Å². The van der Waals surface area contributed by atoms with E-state index >= 15 is 0 Å². The second kappa shape index (κ2) is 5.40. The van der Waals surface area contributed by atoms with Crippen LogP contribution in [-0.2, 0) is 4.79 Å². The Kier molecular flexibility index (Phi) is 3.87. The molecule has 2 N–H and O–H groups in total. The van der Waals surface area contributed by atoms with Crippen LogP contribution in [0.15, 0.2) is 18.2 Å². The molecule has 0 aliphatic carbocycles. The normalized spacial score (nSPS) is 18.7. The van der Waals surface area contributed by atoms with Gasteiger partial charge in [-0.3, -0.25) is 4.79 Å². The van der Waals surface area contributed by atoms with Crippen LogP contribution in [0.3, 0.4) is 0 Å². The Bertz CT molecular complexity index is 437. The van der Waals surface area contributed by atoms with Crippen LogP contribution in [-0.4, -0.2) is 32.6 Å². The topological polar surface area (TPSA) is 44.4 Å². The molecule has 98 valence electrons. The van der Waals surface area contributed by atoms with Gasteiger partial charge in [-0.1, -0.05) is 0 Å². The molecule has 0 spiro atoms. The van der Waals surface area contributed by atoms with Gasteiger partial charge in [0.15, 0.2) is 0 Å². The fraction of sp³-hybridized carbons (Fsp3) is 0.500. The smallest absolute Gasteiger partial charge is 0.241 e. The molecule has 1 atom stereocenters. The highest BCUT2D eigenvalue weighted by Gasteiger charge is 2.22. The third-order valence-electron chi connectivity index (χ3n) is 3.36. The van der Waals surface area contributed by atoms with Crippen molar-refractivity contribution in [3.8, 4) is 0 Å². The van der Waals surface area contributed by atoms with E-state index in [2.05, 4.69) is 21.6 Å². The molecule has 1 aliphatic rings. The largest absolute Gasteiger partial charge is 0.378 e. The zero-order valence-electron chi connectivity index (χ0n) is 11.3. The molecule has 4 nitrogen and oxygen atoms in total. The molecular formula is C14H21N3O. The van der Waals surface area contributed by atoms with Gasteiger partial charge in [0, 0.05) is 25.5 Å². The first-order valence-corrected chi connectivity index (χ1v) is 6.40. The zero-order chi connectivity index (χ0) is 13.1. The summed E-state index contributed by atoms with van der Waals surface area (Å²) in [4.78, 5) is 14.1. The van der Waals surface area contributed by atoms with Crippen LogP contribution in [0.25, 0.3) is 0 Å². The number of carbonyl (C=O) groups excluding carboxylic acids is 1. The van der Waals surface area contributed by atoms with E-state index in [1.54, 1.807) is 0 Å². The van der Waals surface area contributed by atoms with Gasteiger partial charge < -0.3 is 15.5 Å². The summed E-state index contributed by atoms with van der Waals surface area (Å²) in [7, 11) is 4.02. The van der Waals surface area contributed by atoms with Gasteiger partial charge >= 0.3 is 0 Å². The molecule has 4 heteroatoms. The number of anilines is 2. The molecule has 0 bridgehead atoms. The summed E-state index contributed by atoms with van der Waals surface area (Å²) < 4.78 is 0. The van der Waals surface area contributed by atoms with Crippen molar-refractivity contribution in [3.05, 3.63) is 23.8 Å². The molecule has 2 rings (SSSR count). The van der Waals surface area contributed by atoms with Crippen LogP contribution < -0.4 is 15.5 Å². The number of benzene rings is 1. The van der Waals surface area contributed by atoms with Crippen LogP contribution in [0.5, 0.6) is 0 Å². The summed E-state index contributed by atoms with van der Waals surface area (Å²) in [5, 5.41) is 6.20. The molecule has 1 saturated heterocycles. The maximum absolute atomic E-state index is 12.0. The molecule has 1 fully saturated rings. The van der Waals surface area contributed by atoms with E-state index in [9.17, 15) is 4.79 Å². The number of hydrogen-bond donors (Lipinski definition) is 2. The van der Waals surface area contributed by atoms with E-state index in [1.807, 2.05) is 33.2 Å². The Labute approximate surface area is 108 Å². The first-order valence-electron chi connectivity index (χ1n) is 6.40. The van der Waals surface area contributed by atoms with Gasteiger partial charge in [-0.2, -0.15) is 0 Å². The maximum atomic E-state index is 12.0. The molecule has 0 aromatic heterocycles. The van der Waals surface area contributed by atoms with Gasteiger partial charge in [-0.15, -0.1) is 0 Å². The molecular weight excluding hydrogens is 226 g/mol. The average molecular weight is 247 g/mol. The fourth-order valence-corrected chi connectivity index (χ4v) is 2.19. The molecule has 0 unspecified atom stereocenters. The van der Waals surface area contributed by atoms with Crippen molar-refractivity contribution in [2.45, 2.75) is 25.8 Å². The summed E-state index contributed by atoms with van der Waals surface area (Å²) in [6, 6.07) is 6.04. The van der Waals surface area contributed by atoms with Crippen molar-refractivity contribution < 1.29 is 4.79 Å². The Morgan fingerprint density at radius 3 is 2.78 bits per heavy atom. The van der Waals surface area contributed by atoms with E-state index in [0.717, 1.165) is 36.3 Å². The van der Waals surface area contributed by atoms with Crippen molar-refractivity contribution in [3.63, 3.8) is 0 Å². The Morgan fingerprint density at radius 1 is 1.44 bits per heavy atom. The zero-order valence-corrected chi connectivity index (χ0v) is 11.3. The standard InChI is InChI=1S/C14H21N3O/c1-10-9-11(17(2)3)6-7-12(10)16-14(18)13-5-4-8-15-13/h6-7,9,13,15H,4-5,8H2,1-3H3,(H,16,18)/t13-/m1/s1. The van der Waals surface area contributed by atoms with E-state index < -0.39 is 0 Å². The van der Waals surface area contributed by atoms with Crippen LogP contribution >= 0.6 is 0 Å². The van der Waals surface area contributed by atoms with Gasteiger partial charge in [0.05, 0.1) is 6.04 Å². The van der Waals surface area contributed by atoms with Crippen molar-refractivity contribution in [2.24, 2.45) is 0 Å². The minimum absolute atomic E-state index is 0.0297. The monoisotopic (exact) mass is 247 g/mol. The summed E-state index contributed by atoms with van der Waals surface area (Å²) in [6.45, 7) is 2.96. The lowest BCUT2D eigenvalue weighted by Gasteiger charge is -2.17. The highest BCUT2D eigenvalue weighted by molar-refractivity contribution is 5.95. The molecule has 0 radical (unpaired) electrons. The quantitative estimate of drug-likeness (QED) is 0.855. The second-order valence-corrected chi connectivity index (χ2v) is 5.03. The first-order chi connectivity index (χ1) is 8.58. The van der Waals surface area contributed by atoms with Crippen molar-refractivity contribution >= 4 is 17.3 Å². The molecule has 1 amide bonds. The predicted molar refractivity (Wildman–Crippen MR) is 75.2 cm³/mol. The molecule has 1 aromatic carbocycles. The number of hydrogen-bond acceptors (Lipinski definition) is 3. The summed E-state index contributed by atoms with van der Waals surface area (Å²) in [5.74, 6) is 0.0770. The second-order valence-electron chi connectivity index (χ2n) is 5.03. The first kappa shape index (κ1) is 12.9. The Morgan fingerprint density at radius 2 is 2.22 bits per heavy atom. The number of carbonyl (C=O) groups is 1. The summed E-state index contributed by atoms with van der Waals surface area (Å²) in [6.07, 6.45) is 2.01. The van der Waals surface area contributed by atoms with Crippen molar-refractivity contribution in [1.29, 1.82) is 0 Å². The number of rotatable bonds is 3. The minimum atomic E-state index is -0.0297. The van der Waals surface area contributed by atoms with Crippen LogP contribution in [0.1, 0.15) is 18.4 Å². The Hall–Kier alpha value is -1.55. The highest BCUT2D eigenvalue weighted by Crippen LogP contribution is 2.21. The third kappa shape index (κ3) is 2.82. The van der Waals surface area contributed by atoms with E-state index in [-0.39, 0.29) is 11.9 Å². The number of nitrogens with zero attached hydrogens (tertiary/aromatic N) is 1. The van der Waals surface area contributed by atoms with E-state index in [1.165, 1.54) is 0 Å². The molecule has 1 aromatic rings. The molecule has 1 heterocycles. The average Bonchev–Trinajstić information content (AvgIpc) is 2.85. The van der Waals surface area contributed by atoms with Gasteiger partial charge in [0.25, 0.3) is 0 Å². The molecule has 1 aliphatic heterocycles. The highest BCUT2D eigenvalue weighted by atomic mass is 16.2. The van der Waals surface area contributed by atoms with Crippen LogP contribution in [0.4, 0.5) is 11.4 Å². The minimum Gasteiger partial charge on any atom is -0.378 e. The Balaban J connectivity index is 2.07. The number of aryl methyl sites for hydroxylation is 1. The van der Waals surface area contributed by atoms with Gasteiger partial charge in [-0.05, 0) is 50.1 Å². The maximum Gasteiger partial charge on any atom is 0.241 e.